The standard InChI is InChI=1S/C14H13BrN2O2/c1-8-6-10(18)3-4-11(8)14(19)17-13-5-2-9(15)7-12(13)16/h2-7,18H,16H2,1H3,(H,17,19). The van der Waals surface area contributed by atoms with Gasteiger partial charge in [0.15, 0.2) is 0 Å². The molecule has 2 rings (SSSR count). The summed E-state index contributed by atoms with van der Waals surface area (Å²) in [5.41, 5.74) is 8.07. The number of phenols is 1. The number of nitrogen functional groups attached to an aromatic ring is 1. The lowest BCUT2D eigenvalue weighted by Gasteiger charge is -2.10. The number of rotatable bonds is 2. The zero-order chi connectivity index (χ0) is 14.0. The fourth-order valence-corrected chi connectivity index (χ4v) is 2.12. The van der Waals surface area contributed by atoms with Crippen molar-refractivity contribution in [3.63, 3.8) is 0 Å². The summed E-state index contributed by atoms with van der Waals surface area (Å²) in [6.45, 7) is 1.76. The number of phenolic OH excluding ortho intramolecular Hbond substituents is 1. The third kappa shape index (κ3) is 3.06. The van der Waals surface area contributed by atoms with Gasteiger partial charge in [-0.05, 0) is 48.9 Å². The maximum atomic E-state index is 12.1. The number of aryl methyl sites for hydroxylation is 1. The average Bonchev–Trinajstić information content (AvgIpc) is 2.32. The molecule has 0 aromatic heterocycles. The zero-order valence-electron chi connectivity index (χ0n) is 10.3. The van der Waals surface area contributed by atoms with E-state index in [2.05, 4.69) is 21.2 Å². The average molecular weight is 321 g/mol. The Morgan fingerprint density at radius 2 is 2.00 bits per heavy atom. The molecular weight excluding hydrogens is 308 g/mol. The van der Waals surface area contributed by atoms with Crippen molar-refractivity contribution < 1.29 is 9.90 Å². The molecule has 0 heterocycles. The van der Waals surface area contributed by atoms with Gasteiger partial charge in [0.2, 0.25) is 0 Å². The normalized spacial score (nSPS) is 10.2. The van der Waals surface area contributed by atoms with Crippen molar-refractivity contribution in [2.24, 2.45) is 0 Å². The Kier molecular flexibility index (Phi) is 3.76. The van der Waals surface area contributed by atoms with Gasteiger partial charge < -0.3 is 16.2 Å². The fourth-order valence-electron chi connectivity index (χ4n) is 1.74. The lowest BCUT2D eigenvalue weighted by Crippen LogP contribution is -2.14. The second kappa shape index (κ2) is 5.32. The molecular formula is C14H13BrN2O2. The minimum atomic E-state index is -0.258. The second-order valence-electron chi connectivity index (χ2n) is 4.18. The second-order valence-corrected chi connectivity index (χ2v) is 5.10. The number of halogens is 1. The largest absolute Gasteiger partial charge is 0.508 e. The molecule has 0 saturated carbocycles. The van der Waals surface area contributed by atoms with Crippen LogP contribution in [0.3, 0.4) is 0 Å². The zero-order valence-corrected chi connectivity index (χ0v) is 11.9. The van der Waals surface area contributed by atoms with Crippen LogP contribution in [0, 0.1) is 6.92 Å². The first kappa shape index (κ1) is 13.4. The highest BCUT2D eigenvalue weighted by Gasteiger charge is 2.11. The molecule has 0 radical (unpaired) electrons. The van der Waals surface area contributed by atoms with Crippen LogP contribution in [0.1, 0.15) is 15.9 Å². The van der Waals surface area contributed by atoms with Gasteiger partial charge in [-0.1, -0.05) is 15.9 Å². The molecule has 0 aliphatic carbocycles. The van der Waals surface area contributed by atoms with E-state index in [1.807, 2.05) is 0 Å². The molecule has 0 spiro atoms. The summed E-state index contributed by atoms with van der Waals surface area (Å²) < 4.78 is 0.851. The molecule has 0 aliphatic heterocycles. The van der Waals surface area contributed by atoms with E-state index in [0.717, 1.165) is 4.47 Å². The molecule has 5 heteroatoms. The lowest BCUT2D eigenvalue weighted by molar-refractivity contribution is 0.102. The molecule has 0 bridgehead atoms. The molecule has 0 fully saturated rings. The predicted molar refractivity (Wildman–Crippen MR) is 79.4 cm³/mol. The van der Waals surface area contributed by atoms with Gasteiger partial charge in [0.05, 0.1) is 11.4 Å². The third-order valence-electron chi connectivity index (χ3n) is 2.72. The van der Waals surface area contributed by atoms with E-state index in [-0.39, 0.29) is 11.7 Å². The molecule has 0 atom stereocenters. The van der Waals surface area contributed by atoms with Gasteiger partial charge in [0.25, 0.3) is 5.91 Å². The monoisotopic (exact) mass is 320 g/mol. The summed E-state index contributed by atoms with van der Waals surface area (Å²) >= 11 is 3.31. The van der Waals surface area contributed by atoms with Crippen molar-refractivity contribution in [2.45, 2.75) is 6.92 Å². The lowest BCUT2D eigenvalue weighted by atomic mass is 10.1. The molecule has 0 aliphatic rings. The van der Waals surface area contributed by atoms with Gasteiger partial charge in [-0.3, -0.25) is 4.79 Å². The highest BCUT2D eigenvalue weighted by Crippen LogP contribution is 2.24. The first-order chi connectivity index (χ1) is 8.97. The van der Waals surface area contributed by atoms with Crippen LogP contribution in [0.2, 0.25) is 0 Å². The Labute approximate surface area is 119 Å². The molecule has 4 N–H and O–H groups in total. The van der Waals surface area contributed by atoms with Crippen LogP contribution in [0.15, 0.2) is 40.9 Å². The highest BCUT2D eigenvalue weighted by molar-refractivity contribution is 9.10. The molecule has 2 aromatic carbocycles. The summed E-state index contributed by atoms with van der Waals surface area (Å²) in [6, 6.07) is 9.85. The van der Waals surface area contributed by atoms with Crippen LogP contribution in [-0.2, 0) is 0 Å². The van der Waals surface area contributed by atoms with Crippen molar-refractivity contribution >= 4 is 33.2 Å². The van der Waals surface area contributed by atoms with Gasteiger partial charge in [0.1, 0.15) is 5.75 Å². The van der Waals surface area contributed by atoms with Gasteiger partial charge in [0, 0.05) is 10.0 Å². The Morgan fingerprint density at radius 3 is 2.63 bits per heavy atom. The maximum absolute atomic E-state index is 12.1. The van der Waals surface area contributed by atoms with E-state index in [1.54, 1.807) is 37.3 Å². The Balaban J connectivity index is 2.25. The third-order valence-corrected chi connectivity index (χ3v) is 3.21. The highest BCUT2D eigenvalue weighted by atomic mass is 79.9. The van der Waals surface area contributed by atoms with E-state index in [1.165, 1.54) is 6.07 Å². The summed E-state index contributed by atoms with van der Waals surface area (Å²) in [6.07, 6.45) is 0. The molecule has 4 nitrogen and oxygen atoms in total. The molecule has 1 amide bonds. The maximum Gasteiger partial charge on any atom is 0.255 e. The smallest absolute Gasteiger partial charge is 0.255 e. The number of hydrogen-bond donors (Lipinski definition) is 3. The van der Waals surface area contributed by atoms with Crippen LogP contribution in [0.4, 0.5) is 11.4 Å². The van der Waals surface area contributed by atoms with Crippen LogP contribution in [0.25, 0.3) is 0 Å². The minimum absolute atomic E-state index is 0.136. The van der Waals surface area contributed by atoms with Gasteiger partial charge in [-0.2, -0.15) is 0 Å². The van der Waals surface area contributed by atoms with Crippen molar-refractivity contribution in [1.29, 1.82) is 0 Å². The number of carbonyl (C=O) groups excluding carboxylic acids is 1. The van der Waals surface area contributed by atoms with Crippen LogP contribution >= 0.6 is 15.9 Å². The summed E-state index contributed by atoms with van der Waals surface area (Å²) in [5.74, 6) is -0.122. The number of hydrogen-bond acceptors (Lipinski definition) is 3. The van der Waals surface area contributed by atoms with E-state index < -0.39 is 0 Å². The van der Waals surface area contributed by atoms with E-state index >= 15 is 0 Å². The predicted octanol–water partition coefficient (Wildman–Crippen LogP) is 3.30. The number of amides is 1. The topological polar surface area (TPSA) is 75.3 Å². The van der Waals surface area contributed by atoms with E-state index in [9.17, 15) is 9.90 Å². The summed E-state index contributed by atoms with van der Waals surface area (Å²) in [5, 5.41) is 12.1. The van der Waals surface area contributed by atoms with Gasteiger partial charge in [-0.25, -0.2) is 0 Å². The van der Waals surface area contributed by atoms with Crippen molar-refractivity contribution in [3.8, 4) is 5.75 Å². The molecule has 19 heavy (non-hydrogen) atoms. The quantitative estimate of drug-likeness (QED) is 0.743. The number of carbonyl (C=O) groups is 1. The number of aromatic hydroxyl groups is 1. The Morgan fingerprint density at radius 1 is 1.26 bits per heavy atom. The number of benzene rings is 2. The Hall–Kier alpha value is -2.01. The van der Waals surface area contributed by atoms with Gasteiger partial charge >= 0.3 is 0 Å². The van der Waals surface area contributed by atoms with Crippen LogP contribution < -0.4 is 11.1 Å². The molecule has 0 unspecified atom stereocenters. The summed E-state index contributed by atoms with van der Waals surface area (Å²) in [4.78, 5) is 12.1. The van der Waals surface area contributed by atoms with Crippen molar-refractivity contribution in [3.05, 3.63) is 52.0 Å². The Bertz CT molecular complexity index is 641. The molecule has 0 saturated heterocycles. The SMILES string of the molecule is Cc1cc(O)ccc1C(=O)Nc1ccc(Br)cc1N. The summed E-state index contributed by atoms with van der Waals surface area (Å²) in [7, 11) is 0. The minimum Gasteiger partial charge on any atom is -0.508 e. The number of anilines is 2. The first-order valence-corrected chi connectivity index (χ1v) is 6.42. The molecule has 2 aromatic rings. The number of nitrogens with one attached hydrogen (secondary N) is 1. The van der Waals surface area contributed by atoms with E-state index in [0.29, 0.717) is 22.5 Å². The first-order valence-electron chi connectivity index (χ1n) is 5.63. The van der Waals surface area contributed by atoms with E-state index in [4.69, 9.17) is 5.73 Å². The van der Waals surface area contributed by atoms with Crippen molar-refractivity contribution in [1.82, 2.24) is 0 Å². The fraction of sp³-hybridized carbons (Fsp3) is 0.0714. The number of nitrogens with two attached hydrogens (primary N) is 1. The molecule has 98 valence electrons. The van der Waals surface area contributed by atoms with Gasteiger partial charge in [-0.15, -0.1) is 0 Å². The van der Waals surface area contributed by atoms with Crippen molar-refractivity contribution in [2.75, 3.05) is 11.1 Å². The van der Waals surface area contributed by atoms with Crippen LogP contribution in [-0.4, -0.2) is 11.0 Å². The van der Waals surface area contributed by atoms with Crippen LogP contribution in [0.5, 0.6) is 5.75 Å².